The van der Waals surface area contributed by atoms with E-state index in [0.717, 1.165) is 22.0 Å². The number of benzene rings is 2. The Labute approximate surface area is 163 Å². The number of ether oxygens (including phenoxy) is 1. The number of carbonyl (C=O) groups excluding carboxylic acids is 2. The number of carbonyl (C=O) groups is 2. The molecule has 1 saturated heterocycles. The molecule has 1 aliphatic heterocycles. The van der Waals surface area contributed by atoms with E-state index in [-0.39, 0.29) is 18.5 Å². The largest absolute Gasteiger partial charge is 0.494 e. The topological polar surface area (TPSA) is 61.9 Å². The molecule has 0 aliphatic carbocycles. The van der Waals surface area contributed by atoms with E-state index in [4.69, 9.17) is 4.74 Å². The maximum atomic E-state index is 12.7. The number of para-hydroxylation sites is 1. The lowest BCUT2D eigenvalue weighted by molar-refractivity contribution is -0.116. The average molecular weight is 385 g/mol. The van der Waals surface area contributed by atoms with E-state index < -0.39 is 0 Å². The highest BCUT2D eigenvalue weighted by Crippen LogP contribution is 2.25. The van der Waals surface area contributed by atoms with Crippen LogP contribution in [0.2, 0.25) is 0 Å². The van der Waals surface area contributed by atoms with Gasteiger partial charge in [-0.1, -0.05) is 12.1 Å². The Balaban J connectivity index is 1.60. The molecule has 0 unspecified atom stereocenters. The van der Waals surface area contributed by atoms with Crippen molar-refractivity contribution in [2.24, 2.45) is 0 Å². The highest BCUT2D eigenvalue weighted by Gasteiger charge is 2.30. The molecule has 0 bridgehead atoms. The van der Waals surface area contributed by atoms with Crippen LogP contribution in [0.1, 0.15) is 6.92 Å². The molecule has 7 heteroatoms. The number of rotatable bonds is 7. The van der Waals surface area contributed by atoms with Crippen molar-refractivity contribution in [1.29, 1.82) is 0 Å². The maximum absolute atomic E-state index is 12.7. The first-order valence-corrected chi connectivity index (χ1v) is 10.1. The molecule has 2 aromatic rings. The number of hydrogen-bond donors (Lipinski definition) is 1. The van der Waals surface area contributed by atoms with Gasteiger partial charge in [0.1, 0.15) is 12.3 Å². The number of amides is 3. The van der Waals surface area contributed by atoms with E-state index >= 15 is 0 Å². The average Bonchev–Trinajstić information content (AvgIpc) is 3.03. The van der Waals surface area contributed by atoms with Crippen LogP contribution in [0.15, 0.2) is 53.4 Å². The predicted molar refractivity (Wildman–Crippen MR) is 109 cm³/mol. The van der Waals surface area contributed by atoms with E-state index in [1.807, 2.05) is 61.7 Å². The number of hydrogen-bond acceptors (Lipinski definition) is 4. The summed E-state index contributed by atoms with van der Waals surface area (Å²) in [6.07, 6.45) is 1.96. The van der Waals surface area contributed by atoms with Gasteiger partial charge in [0.05, 0.1) is 12.3 Å². The smallest absolute Gasteiger partial charge is 0.325 e. The van der Waals surface area contributed by atoms with Crippen LogP contribution >= 0.6 is 11.8 Å². The molecule has 1 N–H and O–H groups in total. The second kappa shape index (κ2) is 8.81. The minimum absolute atomic E-state index is 0.0368. The molecule has 27 heavy (non-hydrogen) atoms. The molecule has 0 spiro atoms. The summed E-state index contributed by atoms with van der Waals surface area (Å²) in [6, 6.07) is 14.9. The van der Waals surface area contributed by atoms with Crippen molar-refractivity contribution in [1.82, 2.24) is 4.90 Å². The second-order valence-corrected chi connectivity index (χ2v) is 6.88. The Kier molecular flexibility index (Phi) is 6.24. The summed E-state index contributed by atoms with van der Waals surface area (Å²) < 4.78 is 5.43. The van der Waals surface area contributed by atoms with Gasteiger partial charge in [-0.3, -0.25) is 9.69 Å². The Morgan fingerprint density at radius 3 is 2.59 bits per heavy atom. The summed E-state index contributed by atoms with van der Waals surface area (Å²) >= 11 is 1.57. The molecule has 142 valence electrons. The first-order chi connectivity index (χ1) is 13.1. The van der Waals surface area contributed by atoms with E-state index in [9.17, 15) is 9.59 Å². The number of thioether (sulfide) groups is 1. The molecule has 0 aromatic heterocycles. The van der Waals surface area contributed by atoms with Crippen LogP contribution in [0.3, 0.4) is 0 Å². The van der Waals surface area contributed by atoms with E-state index in [2.05, 4.69) is 5.32 Å². The zero-order valence-electron chi connectivity index (χ0n) is 15.5. The molecular formula is C20H23N3O3S. The van der Waals surface area contributed by atoms with Crippen molar-refractivity contribution in [3.8, 4) is 5.75 Å². The summed E-state index contributed by atoms with van der Waals surface area (Å²) in [7, 11) is 0. The van der Waals surface area contributed by atoms with Crippen LogP contribution in [0, 0.1) is 0 Å². The lowest BCUT2D eigenvalue weighted by Crippen LogP contribution is -2.37. The first-order valence-electron chi connectivity index (χ1n) is 8.84. The molecule has 1 heterocycles. The number of anilines is 2. The molecule has 0 atom stereocenters. The molecule has 6 nitrogen and oxygen atoms in total. The van der Waals surface area contributed by atoms with Crippen molar-refractivity contribution < 1.29 is 14.3 Å². The minimum atomic E-state index is -0.196. The van der Waals surface area contributed by atoms with Crippen LogP contribution in [-0.4, -0.2) is 49.3 Å². The fourth-order valence-electron chi connectivity index (χ4n) is 2.97. The molecule has 2 aromatic carbocycles. The van der Waals surface area contributed by atoms with Crippen molar-refractivity contribution in [3.05, 3.63) is 48.5 Å². The van der Waals surface area contributed by atoms with Crippen LogP contribution in [0.4, 0.5) is 16.2 Å². The highest BCUT2D eigenvalue weighted by atomic mass is 32.2. The van der Waals surface area contributed by atoms with Crippen LogP contribution in [-0.2, 0) is 4.79 Å². The Bertz CT molecular complexity index is 810. The van der Waals surface area contributed by atoms with Gasteiger partial charge in [0.25, 0.3) is 0 Å². The monoisotopic (exact) mass is 385 g/mol. The Morgan fingerprint density at radius 2 is 1.89 bits per heavy atom. The Hall–Kier alpha value is -2.67. The lowest BCUT2D eigenvalue weighted by atomic mass is 10.3. The van der Waals surface area contributed by atoms with Gasteiger partial charge in [-0.05, 0) is 49.6 Å². The van der Waals surface area contributed by atoms with Gasteiger partial charge in [-0.25, -0.2) is 4.79 Å². The van der Waals surface area contributed by atoms with E-state index in [0.29, 0.717) is 19.7 Å². The normalized spacial score (nSPS) is 13.8. The maximum Gasteiger partial charge on any atom is 0.325 e. The minimum Gasteiger partial charge on any atom is -0.494 e. The SMILES string of the molecule is CCOc1ccc(N2CCN(CC(=O)Nc3ccccc3SC)C2=O)cc1. The fraction of sp³-hybridized carbons (Fsp3) is 0.300. The molecular weight excluding hydrogens is 362 g/mol. The highest BCUT2D eigenvalue weighted by molar-refractivity contribution is 7.98. The van der Waals surface area contributed by atoms with Crippen LogP contribution < -0.4 is 15.0 Å². The summed E-state index contributed by atoms with van der Waals surface area (Å²) in [5, 5.41) is 2.90. The summed E-state index contributed by atoms with van der Waals surface area (Å²) in [6.45, 7) is 3.64. The second-order valence-electron chi connectivity index (χ2n) is 6.03. The standard InChI is InChI=1S/C20H23N3O3S/c1-3-26-16-10-8-15(9-11-16)23-13-12-22(20(23)25)14-19(24)21-17-6-4-5-7-18(17)27-2/h4-11H,3,12-14H2,1-2H3,(H,21,24). The number of nitrogens with one attached hydrogen (secondary N) is 1. The van der Waals surface area contributed by atoms with Gasteiger partial charge in [0, 0.05) is 23.7 Å². The third-order valence-corrected chi connectivity index (χ3v) is 5.07. The fourth-order valence-corrected chi connectivity index (χ4v) is 3.52. The molecule has 0 radical (unpaired) electrons. The third kappa shape index (κ3) is 4.54. The van der Waals surface area contributed by atoms with Crippen molar-refractivity contribution in [3.63, 3.8) is 0 Å². The van der Waals surface area contributed by atoms with Gasteiger partial charge in [0.2, 0.25) is 5.91 Å². The predicted octanol–water partition coefficient (Wildman–Crippen LogP) is 3.69. The van der Waals surface area contributed by atoms with Gasteiger partial charge in [-0.15, -0.1) is 11.8 Å². The molecule has 3 rings (SSSR count). The van der Waals surface area contributed by atoms with Gasteiger partial charge in [0.15, 0.2) is 0 Å². The summed E-state index contributed by atoms with van der Waals surface area (Å²) in [5.41, 5.74) is 1.57. The number of urea groups is 1. The molecule has 3 amide bonds. The quantitative estimate of drug-likeness (QED) is 0.739. The number of nitrogens with zero attached hydrogens (tertiary/aromatic N) is 2. The zero-order valence-corrected chi connectivity index (χ0v) is 16.3. The molecule has 1 fully saturated rings. The van der Waals surface area contributed by atoms with Crippen molar-refractivity contribution >= 4 is 35.1 Å². The summed E-state index contributed by atoms with van der Waals surface area (Å²) in [4.78, 5) is 29.3. The van der Waals surface area contributed by atoms with Crippen LogP contribution in [0.25, 0.3) is 0 Å². The molecule has 1 aliphatic rings. The third-order valence-electron chi connectivity index (χ3n) is 4.27. The lowest BCUT2D eigenvalue weighted by Gasteiger charge is -2.19. The van der Waals surface area contributed by atoms with Crippen molar-refractivity contribution in [2.75, 3.05) is 42.7 Å². The van der Waals surface area contributed by atoms with Gasteiger partial charge < -0.3 is 15.0 Å². The van der Waals surface area contributed by atoms with Gasteiger partial charge in [-0.2, -0.15) is 0 Å². The first kappa shape index (κ1) is 19.1. The van der Waals surface area contributed by atoms with E-state index in [1.165, 1.54) is 0 Å². The van der Waals surface area contributed by atoms with Gasteiger partial charge >= 0.3 is 6.03 Å². The van der Waals surface area contributed by atoms with Crippen LogP contribution in [0.5, 0.6) is 5.75 Å². The summed E-state index contributed by atoms with van der Waals surface area (Å²) in [5.74, 6) is 0.579. The van der Waals surface area contributed by atoms with Crippen molar-refractivity contribution in [2.45, 2.75) is 11.8 Å². The Morgan fingerprint density at radius 1 is 1.15 bits per heavy atom. The molecule has 0 saturated carbocycles. The zero-order chi connectivity index (χ0) is 19.2. The van der Waals surface area contributed by atoms with E-state index in [1.54, 1.807) is 21.6 Å².